The summed E-state index contributed by atoms with van der Waals surface area (Å²) in [6.45, 7) is 10.0. The van der Waals surface area contributed by atoms with Gasteiger partial charge in [-0.1, -0.05) is 224 Å². The van der Waals surface area contributed by atoms with Gasteiger partial charge < -0.3 is 9.47 Å². The number of ether oxygens (including phenoxy) is 2. The van der Waals surface area contributed by atoms with Gasteiger partial charge in [-0.3, -0.25) is 0 Å². The third-order valence-electron chi connectivity index (χ3n) is 12.4. The molecule has 0 N–H and O–H groups in total. The van der Waals surface area contributed by atoms with Crippen LogP contribution < -0.4 is 0 Å². The average Bonchev–Trinajstić information content (AvgIpc) is 3.36. The van der Waals surface area contributed by atoms with Gasteiger partial charge in [0, 0.05) is 9.79 Å². The van der Waals surface area contributed by atoms with Gasteiger partial charge >= 0.3 is 11.9 Å². The predicted molar refractivity (Wildman–Crippen MR) is 293 cm³/mol. The van der Waals surface area contributed by atoms with E-state index < -0.39 is 0 Å². The molecule has 4 nitrogen and oxygen atoms in total. The Morgan fingerprint density at radius 3 is 0.836 bits per heavy atom. The molecule has 0 aliphatic heterocycles. The van der Waals surface area contributed by atoms with Crippen molar-refractivity contribution in [1.29, 1.82) is 0 Å². The number of thioether (sulfide) groups is 2. The Kier molecular flexibility index (Phi) is 34.0. The molecule has 0 aliphatic carbocycles. The van der Waals surface area contributed by atoms with E-state index >= 15 is 0 Å². The van der Waals surface area contributed by atoms with Crippen LogP contribution in [-0.4, -0.2) is 36.7 Å². The van der Waals surface area contributed by atoms with Crippen molar-refractivity contribution in [3.8, 4) is 22.3 Å². The monoisotopic (exact) mass is 951 g/mol. The molecular weight excluding hydrogens is 861 g/mol. The predicted octanol–water partition coefficient (Wildman–Crippen LogP) is 19.8. The highest BCUT2D eigenvalue weighted by atomic mass is 32.2. The van der Waals surface area contributed by atoms with Crippen LogP contribution in [0.15, 0.2) is 107 Å². The van der Waals surface area contributed by atoms with Crippen LogP contribution in [0, 0.1) is 0 Å². The zero-order valence-electron chi connectivity index (χ0n) is 42.6. The summed E-state index contributed by atoms with van der Waals surface area (Å²) >= 11 is 3.91. The molecule has 0 saturated heterocycles. The van der Waals surface area contributed by atoms with Crippen LogP contribution in [0.3, 0.4) is 0 Å². The number of carbonyl (C=O) groups excluding carboxylic acids is 2. The normalized spacial score (nSPS) is 11.0. The lowest BCUT2D eigenvalue weighted by molar-refractivity contribution is 0.0488. The van der Waals surface area contributed by atoms with E-state index in [-0.39, 0.29) is 11.9 Å². The molecule has 4 aromatic carbocycles. The maximum Gasteiger partial charge on any atom is 0.338 e. The van der Waals surface area contributed by atoms with Crippen molar-refractivity contribution in [2.75, 3.05) is 24.7 Å². The van der Waals surface area contributed by atoms with Crippen molar-refractivity contribution in [1.82, 2.24) is 0 Å². The van der Waals surface area contributed by atoms with Crippen LogP contribution in [0.5, 0.6) is 0 Å². The smallest absolute Gasteiger partial charge is 0.338 e. The van der Waals surface area contributed by atoms with Gasteiger partial charge in [0.15, 0.2) is 0 Å². The van der Waals surface area contributed by atoms with E-state index in [1.54, 1.807) is 0 Å². The topological polar surface area (TPSA) is 52.6 Å². The Morgan fingerprint density at radius 1 is 0.313 bits per heavy atom. The van der Waals surface area contributed by atoms with Crippen LogP contribution >= 0.6 is 23.5 Å². The van der Waals surface area contributed by atoms with E-state index in [1.807, 2.05) is 72.1 Å². The maximum atomic E-state index is 12.3. The van der Waals surface area contributed by atoms with Crippen LogP contribution in [0.1, 0.15) is 222 Å². The van der Waals surface area contributed by atoms with Gasteiger partial charge in [0.1, 0.15) is 0 Å². The fourth-order valence-electron chi connectivity index (χ4n) is 8.02. The lowest BCUT2D eigenvalue weighted by atomic mass is 10.0. The molecule has 4 rings (SSSR count). The van der Waals surface area contributed by atoms with Gasteiger partial charge in [0.2, 0.25) is 0 Å². The van der Waals surface area contributed by atoms with Gasteiger partial charge in [-0.2, -0.15) is 0 Å². The van der Waals surface area contributed by atoms with Crippen molar-refractivity contribution < 1.29 is 19.1 Å². The lowest BCUT2D eigenvalue weighted by Crippen LogP contribution is -2.06. The van der Waals surface area contributed by atoms with E-state index in [4.69, 9.17) is 9.47 Å². The van der Waals surface area contributed by atoms with E-state index in [0.29, 0.717) is 24.3 Å². The molecule has 0 amide bonds. The molecule has 0 radical (unpaired) electrons. The van der Waals surface area contributed by atoms with Crippen LogP contribution in [-0.2, 0) is 9.47 Å². The molecule has 4 aromatic rings. The first-order valence-electron chi connectivity index (χ1n) is 27.0. The summed E-state index contributed by atoms with van der Waals surface area (Å²) in [4.78, 5) is 27.2. The third-order valence-corrected chi connectivity index (χ3v) is 14.6. The molecule has 0 spiro atoms. The molecule has 0 heterocycles. The number of unbranched alkanes of at least 4 members (excludes halogenated alkanes) is 23. The Labute approximate surface area is 418 Å². The highest BCUT2D eigenvalue weighted by molar-refractivity contribution is 7.99. The molecule has 0 atom stereocenters. The quantitative estimate of drug-likeness (QED) is 0.0255. The minimum absolute atomic E-state index is 0.215. The number of hydrogen-bond donors (Lipinski definition) is 0. The van der Waals surface area contributed by atoms with E-state index in [2.05, 4.69) is 76.2 Å². The van der Waals surface area contributed by atoms with Gasteiger partial charge in [-0.15, -0.1) is 23.5 Å². The fraction of sp³-hybridized carbons (Fsp3) is 0.574. The summed E-state index contributed by atoms with van der Waals surface area (Å²) in [6.07, 6.45) is 34.8. The average molecular weight is 952 g/mol. The molecule has 0 aromatic heterocycles. The van der Waals surface area contributed by atoms with E-state index in [1.165, 1.54) is 180 Å². The molecule has 6 heteroatoms. The Hall–Kier alpha value is -3.48. The van der Waals surface area contributed by atoms with Crippen LogP contribution in [0.4, 0.5) is 0 Å². The zero-order valence-corrected chi connectivity index (χ0v) is 44.2. The standard InChI is InChI=1S/C31H46O2S.C30H44O2S/c1-3-5-7-9-11-12-14-16-26-34-30-23-21-28(22-24-30)27-17-19-29(20-18-27)31(32)33-25-15-13-10-8-6-4-2;1-3-5-7-9-11-13-15-25-33-29-22-20-27(21-23-29)26-16-18-28(19-17-26)30(31)32-24-14-12-10-8-6-4-2/h17-24H,3-16,25-26H2,1-2H3;16-23H,3-15,24-25H2,1-2H3. The second-order valence-corrected chi connectivity index (χ2v) is 20.6. The summed E-state index contributed by atoms with van der Waals surface area (Å²) < 4.78 is 10.9. The first-order valence-corrected chi connectivity index (χ1v) is 29.0. The maximum absolute atomic E-state index is 12.3. The molecule has 0 fully saturated rings. The first kappa shape index (κ1) is 57.8. The number of rotatable bonds is 37. The summed E-state index contributed by atoms with van der Waals surface area (Å²) in [5.41, 5.74) is 5.89. The number of benzene rings is 4. The fourth-order valence-corrected chi connectivity index (χ4v) is 9.85. The summed E-state index contributed by atoms with van der Waals surface area (Å²) in [5.74, 6) is 1.96. The molecule has 0 aliphatic rings. The van der Waals surface area contributed by atoms with Crippen molar-refractivity contribution in [3.05, 3.63) is 108 Å². The molecule has 0 saturated carbocycles. The van der Waals surface area contributed by atoms with Crippen molar-refractivity contribution >= 4 is 35.5 Å². The van der Waals surface area contributed by atoms with Gasteiger partial charge in [-0.05, 0) is 108 Å². The highest BCUT2D eigenvalue weighted by Gasteiger charge is 2.10. The Bertz CT molecular complexity index is 1790. The molecular formula is C61H90O4S2. The van der Waals surface area contributed by atoms with Crippen LogP contribution in [0.25, 0.3) is 22.3 Å². The second-order valence-electron chi connectivity index (χ2n) is 18.3. The summed E-state index contributed by atoms with van der Waals surface area (Å²) in [5, 5.41) is 0. The minimum Gasteiger partial charge on any atom is -0.462 e. The second kappa shape index (κ2) is 39.4. The lowest BCUT2D eigenvalue weighted by Gasteiger charge is -2.07. The van der Waals surface area contributed by atoms with Gasteiger partial charge in [0.05, 0.1) is 24.3 Å². The zero-order chi connectivity index (χ0) is 47.8. The van der Waals surface area contributed by atoms with Crippen molar-refractivity contribution in [3.63, 3.8) is 0 Å². The number of esters is 2. The largest absolute Gasteiger partial charge is 0.462 e. The number of carbonyl (C=O) groups is 2. The molecule has 67 heavy (non-hydrogen) atoms. The Morgan fingerprint density at radius 2 is 0.552 bits per heavy atom. The number of hydrogen-bond acceptors (Lipinski definition) is 6. The molecule has 0 unspecified atom stereocenters. The first-order chi connectivity index (χ1) is 33.0. The summed E-state index contributed by atoms with van der Waals surface area (Å²) in [7, 11) is 0. The van der Waals surface area contributed by atoms with Gasteiger partial charge in [-0.25, -0.2) is 9.59 Å². The minimum atomic E-state index is -0.216. The molecule has 370 valence electrons. The third kappa shape index (κ3) is 27.3. The van der Waals surface area contributed by atoms with Crippen molar-refractivity contribution in [2.24, 2.45) is 0 Å². The van der Waals surface area contributed by atoms with E-state index in [0.717, 1.165) is 36.8 Å². The van der Waals surface area contributed by atoms with Gasteiger partial charge in [0.25, 0.3) is 0 Å². The Balaban J connectivity index is 0.000000355. The molecule has 0 bridgehead atoms. The SMILES string of the molecule is CCCCCCCCCCSc1ccc(-c2ccc(C(=O)OCCCCCCCC)cc2)cc1.CCCCCCCCCSc1ccc(-c2ccc(C(=O)OCCCCCCCC)cc2)cc1. The van der Waals surface area contributed by atoms with Crippen LogP contribution in [0.2, 0.25) is 0 Å². The summed E-state index contributed by atoms with van der Waals surface area (Å²) in [6, 6.07) is 33.2. The van der Waals surface area contributed by atoms with E-state index in [9.17, 15) is 9.59 Å². The van der Waals surface area contributed by atoms with Crippen molar-refractivity contribution in [2.45, 2.75) is 211 Å². The highest BCUT2D eigenvalue weighted by Crippen LogP contribution is 2.28.